The van der Waals surface area contributed by atoms with Crippen LogP contribution in [0.3, 0.4) is 0 Å². The summed E-state index contributed by atoms with van der Waals surface area (Å²) in [6.07, 6.45) is 0.545. The number of halogens is 1. The van der Waals surface area contributed by atoms with Gasteiger partial charge in [0.2, 0.25) is 0 Å². The third kappa shape index (κ3) is 5.34. The van der Waals surface area contributed by atoms with Crippen LogP contribution in [-0.2, 0) is 6.42 Å². The number of nitrogens with one attached hydrogen (secondary N) is 2. The fraction of sp³-hybridized carbons (Fsp3) is 0.316. The molecule has 2 amide bonds. The second kappa shape index (κ2) is 9.78. The van der Waals surface area contributed by atoms with Crippen LogP contribution in [0.5, 0.6) is 23.0 Å². The van der Waals surface area contributed by atoms with E-state index in [1.807, 2.05) is 6.07 Å². The predicted octanol–water partition coefficient (Wildman–Crippen LogP) is 3.74. The normalized spacial score (nSPS) is 10.1. The summed E-state index contributed by atoms with van der Waals surface area (Å²) in [5, 5.41) is 6.02. The van der Waals surface area contributed by atoms with Gasteiger partial charge in [0.15, 0.2) is 11.5 Å². The summed E-state index contributed by atoms with van der Waals surface area (Å²) in [6, 6.07) is 8.22. The Morgan fingerprint density at radius 2 is 1.52 bits per heavy atom. The molecule has 27 heavy (non-hydrogen) atoms. The van der Waals surface area contributed by atoms with Crippen LogP contribution in [0.4, 0.5) is 10.5 Å². The van der Waals surface area contributed by atoms with Crippen LogP contribution in [0.15, 0.2) is 30.3 Å². The minimum atomic E-state index is -0.366. The lowest BCUT2D eigenvalue weighted by Gasteiger charge is -2.15. The molecule has 146 valence electrons. The highest BCUT2D eigenvalue weighted by atomic mass is 35.5. The van der Waals surface area contributed by atoms with E-state index in [0.717, 1.165) is 5.56 Å². The molecule has 7 nitrogen and oxygen atoms in total. The molecule has 0 aliphatic heterocycles. The van der Waals surface area contributed by atoms with Crippen LogP contribution in [-0.4, -0.2) is 41.0 Å². The Morgan fingerprint density at radius 1 is 0.889 bits per heavy atom. The minimum Gasteiger partial charge on any atom is -0.496 e. The van der Waals surface area contributed by atoms with E-state index in [-0.39, 0.29) is 6.03 Å². The molecule has 0 saturated carbocycles. The standard InChI is InChI=1S/C19H23ClN2O5/c1-24-15-6-5-13(20)10-14(15)22-19(23)21-8-7-12-9-17(26-3)18(27-4)11-16(12)25-2/h5-6,9-11H,7-8H2,1-4H3,(H2,21,22,23). The number of hydrogen-bond donors (Lipinski definition) is 2. The van der Waals surface area contributed by atoms with Crippen LogP contribution >= 0.6 is 11.6 Å². The molecule has 0 heterocycles. The smallest absolute Gasteiger partial charge is 0.319 e. The number of rotatable bonds is 8. The Kier molecular flexibility index (Phi) is 7.43. The molecule has 0 aliphatic carbocycles. The van der Waals surface area contributed by atoms with Gasteiger partial charge in [-0.1, -0.05) is 11.6 Å². The third-order valence-electron chi connectivity index (χ3n) is 3.88. The number of methoxy groups -OCH3 is 4. The van der Waals surface area contributed by atoms with Crippen LogP contribution in [0.2, 0.25) is 5.02 Å². The first-order valence-corrected chi connectivity index (χ1v) is 8.57. The first-order valence-electron chi connectivity index (χ1n) is 8.19. The highest BCUT2D eigenvalue weighted by Crippen LogP contribution is 2.34. The molecule has 0 spiro atoms. The Bertz CT molecular complexity index is 798. The maximum atomic E-state index is 12.2. The lowest BCUT2D eigenvalue weighted by molar-refractivity contribution is 0.252. The molecule has 8 heteroatoms. The maximum Gasteiger partial charge on any atom is 0.319 e. The van der Waals surface area contributed by atoms with Crippen molar-refractivity contribution < 1.29 is 23.7 Å². The topological polar surface area (TPSA) is 78.0 Å². The van der Waals surface area contributed by atoms with Crippen molar-refractivity contribution in [2.75, 3.05) is 40.3 Å². The molecule has 2 rings (SSSR count). The van der Waals surface area contributed by atoms with Crippen LogP contribution < -0.4 is 29.6 Å². The summed E-state index contributed by atoms with van der Waals surface area (Å²) in [5.74, 6) is 2.36. The molecular weight excluding hydrogens is 372 g/mol. The Balaban J connectivity index is 2.00. The van der Waals surface area contributed by atoms with Gasteiger partial charge >= 0.3 is 6.03 Å². The minimum absolute atomic E-state index is 0.366. The van der Waals surface area contributed by atoms with E-state index in [4.69, 9.17) is 30.5 Å². The van der Waals surface area contributed by atoms with Crippen molar-refractivity contribution in [3.05, 3.63) is 40.9 Å². The molecule has 0 unspecified atom stereocenters. The summed E-state index contributed by atoms with van der Waals surface area (Å²) in [5.41, 5.74) is 1.38. The van der Waals surface area contributed by atoms with Gasteiger partial charge in [0.1, 0.15) is 11.5 Å². The van der Waals surface area contributed by atoms with Crippen molar-refractivity contribution in [1.82, 2.24) is 5.32 Å². The van der Waals surface area contributed by atoms with Gasteiger partial charge in [-0.25, -0.2) is 4.79 Å². The first-order chi connectivity index (χ1) is 13.0. The van der Waals surface area contributed by atoms with Gasteiger partial charge in [-0.05, 0) is 36.2 Å². The second-order valence-corrected chi connectivity index (χ2v) is 5.93. The first kappa shape index (κ1) is 20.5. The van der Waals surface area contributed by atoms with Gasteiger partial charge in [0.05, 0.1) is 34.1 Å². The van der Waals surface area contributed by atoms with Crippen molar-refractivity contribution >= 4 is 23.3 Å². The Labute approximate surface area is 163 Å². The summed E-state index contributed by atoms with van der Waals surface area (Å²) in [4.78, 5) is 12.2. The van der Waals surface area contributed by atoms with E-state index in [1.54, 1.807) is 45.6 Å². The number of urea groups is 1. The molecule has 0 bridgehead atoms. The molecule has 2 N–H and O–H groups in total. The molecule has 2 aromatic carbocycles. The van der Waals surface area contributed by atoms with Gasteiger partial charge in [-0.15, -0.1) is 0 Å². The van der Waals surface area contributed by atoms with Crippen molar-refractivity contribution in [3.63, 3.8) is 0 Å². The molecular formula is C19H23ClN2O5. The number of anilines is 1. The van der Waals surface area contributed by atoms with Gasteiger partial charge in [-0.2, -0.15) is 0 Å². The van der Waals surface area contributed by atoms with Gasteiger partial charge in [-0.3, -0.25) is 0 Å². The van der Waals surface area contributed by atoms with Crippen molar-refractivity contribution in [3.8, 4) is 23.0 Å². The van der Waals surface area contributed by atoms with Gasteiger partial charge < -0.3 is 29.6 Å². The van der Waals surface area contributed by atoms with Crippen molar-refractivity contribution in [2.24, 2.45) is 0 Å². The summed E-state index contributed by atoms with van der Waals surface area (Å²) < 4.78 is 21.2. The number of ether oxygens (including phenoxy) is 4. The zero-order valence-corrected chi connectivity index (χ0v) is 16.5. The average Bonchev–Trinajstić information content (AvgIpc) is 2.67. The molecule has 0 fully saturated rings. The van der Waals surface area contributed by atoms with Crippen LogP contribution in [0, 0.1) is 0 Å². The Morgan fingerprint density at radius 3 is 2.15 bits per heavy atom. The van der Waals surface area contributed by atoms with Crippen LogP contribution in [0.25, 0.3) is 0 Å². The molecule has 0 aromatic heterocycles. The summed E-state index contributed by atoms with van der Waals surface area (Å²) in [7, 11) is 6.23. The van der Waals surface area contributed by atoms with Gasteiger partial charge in [0.25, 0.3) is 0 Å². The fourth-order valence-corrected chi connectivity index (χ4v) is 2.72. The SMILES string of the molecule is COc1cc(OC)c(OC)cc1CCNC(=O)Nc1cc(Cl)ccc1OC. The number of amides is 2. The highest BCUT2D eigenvalue weighted by molar-refractivity contribution is 6.31. The van der Waals surface area contributed by atoms with E-state index in [2.05, 4.69) is 10.6 Å². The monoisotopic (exact) mass is 394 g/mol. The van der Waals surface area contributed by atoms with Crippen LogP contribution in [0.1, 0.15) is 5.56 Å². The molecule has 0 saturated heterocycles. The van der Waals surface area contributed by atoms with Crippen molar-refractivity contribution in [1.29, 1.82) is 0 Å². The summed E-state index contributed by atoms with van der Waals surface area (Å²) in [6.45, 7) is 0.389. The molecule has 0 radical (unpaired) electrons. The number of carbonyl (C=O) groups is 1. The lowest BCUT2D eigenvalue weighted by atomic mass is 10.1. The zero-order chi connectivity index (χ0) is 19.8. The zero-order valence-electron chi connectivity index (χ0n) is 15.7. The highest BCUT2D eigenvalue weighted by Gasteiger charge is 2.13. The van der Waals surface area contributed by atoms with Gasteiger partial charge in [0, 0.05) is 17.6 Å². The lowest BCUT2D eigenvalue weighted by Crippen LogP contribution is -2.30. The predicted molar refractivity (Wildman–Crippen MR) is 105 cm³/mol. The average molecular weight is 395 g/mol. The maximum absolute atomic E-state index is 12.2. The molecule has 0 aliphatic rings. The van der Waals surface area contributed by atoms with E-state index in [1.165, 1.54) is 7.11 Å². The van der Waals surface area contributed by atoms with E-state index >= 15 is 0 Å². The number of hydrogen-bond acceptors (Lipinski definition) is 5. The third-order valence-corrected chi connectivity index (χ3v) is 4.11. The quantitative estimate of drug-likeness (QED) is 0.713. The van der Waals surface area contributed by atoms with E-state index in [0.29, 0.717) is 46.7 Å². The second-order valence-electron chi connectivity index (χ2n) is 5.49. The largest absolute Gasteiger partial charge is 0.496 e. The fourth-order valence-electron chi connectivity index (χ4n) is 2.54. The number of benzene rings is 2. The molecule has 0 atom stereocenters. The Hall–Kier alpha value is -2.80. The van der Waals surface area contributed by atoms with E-state index in [9.17, 15) is 4.79 Å². The van der Waals surface area contributed by atoms with E-state index < -0.39 is 0 Å². The summed E-state index contributed by atoms with van der Waals surface area (Å²) >= 11 is 5.97. The number of carbonyl (C=O) groups excluding carboxylic acids is 1. The van der Waals surface area contributed by atoms with Crippen molar-refractivity contribution in [2.45, 2.75) is 6.42 Å². The molecule has 2 aromatic rings.